The van der Waals surface area contributed by atoms with Gasteiger partial charge in [0.15, 0.2) is 0 Å². The van der Waals surface area contributed by atoms with Gasteiger partial charge in [-0.3, -0.25) is 0 Å². The Hall–Kier alpha value is 0.570. The van der Waals surface area contributed by atoms with Crippen LogP contribution in [0.15, 0.2) is 14.1 Å². The van der Waals surface area contributed by atoms with Gasteiger partial charge in [0, 0.05) is 11.9 Å². The quantitative estimate of drug-likeness (QED) is 0.716. The molecule has 1 aromatic heterocycles. The molecule has 1 saturated carbocycles. The lowest BCUT2D eigenvalue weighted by Crippen LogP contribution is -2.36. The molecule has 2 rings (SSSR count). The van der Waals surface area contributed by atoms with E-state index in [4.69, 9.17) is 0 Å². The van der Waals surface area contributed by atoms with Gasteiger partial charge in [0.25, 0.3) is 0 Å². The molecule has 1 aromatic rings. The van der Waals surface area contributed by atoms with E-state index in [9.17, 15) is 8.42 Å². The van der Waals surface area contributed by atoms with Gasteiger partial charge in [0.1, 0.15) is 4.21 Å². The molecule has 7 heteroatoms. The maximum Gasteiger partial charge on any atom is 0.250 e. The molecule has 0 saturated heterocycles. The van der Waals surface area contributed by atoms with Gasteiger partial charge in [-0.15, -0.1) is 11.3 Å². The third kappa shape index (κ3) is 3.61. The first-order chi connectivity index (χ1) is 8.88. The van der Waals surface area contributed by atoms with Gasteiger partial charge in [0.2, 0.25) is 10.0 Å². The lowest BCUT2D eigenvalue weighted by Gasteiger charge is -2.26. The lowest BCUT2D eigenvalue weighted by molar-refractivity contribution is 0.348. The molecule has 0 atom stereocenters. The minimum absolute atomic E-state index is 0.0939. The number of aryl methyl sites for hydroxylation is 1. The van der Waals surface area contributed by atoms with Crippen LogP contribution in [0.25, 0.3) is 0 Å². The Morgan fingerprint density at radius 3 is 2.53 bits per heavy atom. The van der Waals surface area contributed by atoms with E-state index in [1.165, 1.54) is 24.2 Å². The maximum absolute atomic E-state index is 12.3. The summed E-state index contributed by atoms with van der Waals surface area (Å²) in [5.41, 5.74) is 1.05. The van der Waals surface area contributed by atoms with Crippen LogP contribution in [-0.4, -0.2) is 20.3 Å². The SMILES string of the molecule is Cc1cc(S(=O)(=O)NCC2(CBr)CCCC2)sc1Br. The fourth-order valence-corrected chi connectivity index (χ4v) is 6.55. The molecule has 1 N–H and O–H groups in total. The smallest absolute Gasteiger partial charge is 0.210 e. The number of hydrogen-bond donors (Lipinski definition) is 1. The van der Waals surface area contributed by atoms with Gasteiger partial charge in [0.05, 0.1) is 3.79 Å². The van der Waals surface area contributed by atoms with Crippen molar-refractivity contribution in [1.29, 1.82) is 0 Å². The molecular weight excluding hydrogens is 414 g/mol. The van der Waals surface area contributed by atoms with Gasteiger partial charge in [-0.1, -0.05) is 28.8 Å². The molecule has 0 amide bonds. The average molecular weight is 431 g/mol. The van der Waals surface area contributed by atoms with E-state index >= 15 is 0 Å². The van der Waals surface area contributed by atoms with Crippen molar-refractivity contribution in [2.45, 2.75) is 36.8 Å². The Morgan fingerprint density at radius 1 is 1.42 bits per heavy atom. The van der Waals surface area contributed by atoms with Crippen LogP contribution in [0.4, 0.5) is 0 Å². The highest BCUT2D eigenvalue weighted by molar-refractivity contribution is 9.11. The fraction of sp³-hybridized carbons (Fsp3) is 0.667. The second-order valence-corrected chi connectivity index (χ2v) is 10.1. The Labute approximate surface area is 135 Å². The van der Waals surface area contributed by atoms with Crippen LogP contribution in [0.1, 0.15) is 31.2 Å². The average Bonchev–Trinajstić information content (AvgIpc) is 2.96. The standard InChI is InChI=1S/C12H17Br2NO2S2/c1-9-6-10(18-11(9)14)19(16,17)15-8-12(7-13)4-2-3-5-12/h6,15H,2-5,7-8H2,1H3. The first-order valence-electron chi connectivity index (χ1n) is 6.20. The van der Waals surface area contributed by atoms with Gasteiger partial charge in [-0.2, -0.15) is 0 Å². The topological polar surface area (TPSA) is 46.2 Å². The van der Waals surface area contributed by atoms with Crippen LogP contribution >= 0.6 is 43.2 Å². The lowest BCUT2D eigenvalue weighted by atomic mass is 9.89. The van der Waals surface area contributed by atoms with E-state index in [0.717, 1.165) is 27.5 Å². The number of alkyl halides is 1. The summed E-state index contributed by atoms with van der Waals surface area (Å²) in [5, 5.41) is 0.857. The molecule has 1 heterocycles. The number of halogens is 2. The van der Waals surface area contributed by atoms with E-state index in [-0.39, 0.29) is 5.41 Å². The summed E-state index contributed by atoms with van der Waals surface area (Å²) >= 11 is 8.17. The summed E-state index contributed by atoms with van der Waals surface area (Å²) in [4.78, 5) is 0. The van der Waals surface area contributed by atoms with Gasteiger partial charge in [-0.25, -0.2) is 13.1 Å². The van der Waals surface area contributed by atoms with Crippen molar-refractivity contribution in [3.63, 3.8) is 0 Å². The van der Waals surface area contributed by atoms with Gasteiger partial charge in [-0.05, 0) is 52.7 Å². The van der Waals surface area contributed by atoms with Gasteiger partial charge < -0.3 is 0 Å². The Morgan fingerprint density at radius 2 is 2.05 bits per heavy atom. The third-order valence-corrected chi connectivity index (χ3v) is 8.89. The number of sulfonamides is 1. The Balaban J connectivity index is 2.09. The molecule has 19 heavy (non-hydrogen) atoms. The normalized spacial score (nSPS) is 18.9. The summed E-state index contributed by atoms with van der Waals surface area (Å²) in [6.07, 6.45) is 4.57. The molecule has 3 nitrogen and oxygen atoms in total. The van der Waals surface area contributed by atoms with Crippen molar-refractivity contribution >= 4 is 53.2 Å². The van der Waals surface area contributed by atoms with E-state index in [1.54, 1.807) is 6.07 Å². The monoisotopic (exact) mass is 429 g/mol. The molecule has 1 fully saturated rings. The number of hydrogen-bond acceptors (Lipinski definition) is 3. The summed E-state index contributed by atoms with van der Waals surface area (Å²) in [6, 6.07) is 1.71. The Bertz CT molecular complexity index is 529. The first-order valence-corrected chi connectivity index (χ1v) is 10.4. The summed E-state index contributed by atoms with van der Waals surface area (Å²) < 4.78 is 28.6. The maximum atomic E-state index is 12.3. The largest absolute Gasteiger partial charge is 0.250 e. The van der Waals surface area contributed by atoms with Crippen LogP contribution in [0.3, 0.4) is 0 Å². The van der Waals surface area contributed by atoms with Crippen molar-refractivity contribution < 1.29 is 8.42 Å². The van der Waals surface area contributed by atoms with Crippen molar-refractivity contribution in [2.75, 3.05) is 11.9 Å². The van der Waals surface area contributed by atoms with Crippen LogP contribution < -0.4 is 4.72 Å². The third-order valence-electron chi connectivity index (χ3n) is 3.68. The highest BCUT2D eigenvalue weighted by Crippen LogP contribution is 2.39. The summed E-state index contributed by atoms with van der Waals surface area (Å²) in [5.74, 6) is 0. The molecular formula is C12H17Br2NO2S2. The van der Waals surface area contributed by atoms with Crippen molar-refractivity contribution in [3.8, 4) is 0 Å². The highest BCUT2D eigenvalue weighted by atomic mass is 79.9. The molecule has 0 aliphatic heterocycles. The second kappa shape index (κ2) is 6.13. The zero-order valence-corrected chi connectivity index (χ0v) is 15.5. The molecule has 0 bridgehead atoms. The highest BCUT2D eigenvalue weighted by Gasteiger charge is 2.34. The van der Waals surface area contributed by atoms with E-state index < -0.39 is 10.0 Å². The van der Waals surface area contributed by atoms with Gasteiger partial charge >= 0.3 is 0 Å². The molecule has 1 aliphatic carbocycles. The minimum atomic E-state index is -3.38. The second-order valence-electron chi connectivity index (χ2n) is 5.19. The minimum Gasteiger partial charge on any atom is -0.210 e. The van der Waals surface area contributed by atoms with Crippen LogP contribution in [0.2, 0.25) is 0 Å². The van der Waals surface area contributed by atoms with Crippen molar-refractivity contribution in [1.82, 2.24) is 4.72 Å². The first kappa shape index (κ1) is 15.9. The molecule has 0 aromatic carbocycles. The molecule has 1 aliphatic rings. The number of thiophene rings is 1. The van der Waals surface area contributed by atoms with Crippen LogP contribution in [0.5, 0.6) is 0 Å². The molecule has 108 valence electrons. The molecule has 0 radical (unpaired) electrons. The van der Waals surface area contributed by atoms with E-state index in [0.29, 0.717) is 10.8 Å². The predicted molar refractivity (Wildman–Crippen MR) is 86.6 cm³/mol. The Kier molecular flexibility index (Phi) is 5.15. The number of rotatable bonds is 5. The van der Waals surface area contributed by atoms with Crippen LogP contribution in [-0.2, 0) is 10.0 Å². The van der Waals surface area contributed by atoms with E-state index in [2.05, 4.69) is 36.6 Å². The fourth-order valence-electron chi connectivity index (χ4n) is 2.37. The van der Waals surface area contributed by atoms with E-state index in [1.807, 2.05) is 6.92 Å². The molecule has 0 unspecified atom stereocenters. The van der Waals surface area contributed by atoms with Crippen molar-refractivity contribution in [2.24, 2.45) is 5.41 Å². The van der Waals surface area contributed by atoms with Crippen molar-refractivity contribution in [3.05, 3.63) is 15.4 Å². The number of nitrogens with one attached hydrogen (secondary N) is 1. The predicted octanol–water partition coefficient (Wildman–Crippen LogP) is 4.05. The summed E-state index contributed by atoms with van der Waals surface area (Å²) in [7, 11) is -3.38. The van der Waals surface area contributed by atoms with Crippen LogP contribution in [0, 0.1) is 12.3 Å². The molecule has 0 spiro atoms. The zero-order chi connectivity index (χ0) is 14.1. The summed E-state index contributed by atoms with van der Waals surface area (Å²) in [6.45, 7) is 2.42. The zero-order valence-electron chi connectivity index (χ0n) is 10.7.